The van der Waals surface area contributed by atoms with Gasteiger partial charge in [-0.25, -0.2) is 17.5 Å². The second kappa shape index (κ2) is 5.64. The zero-order chi connectivity index (χ0) is 14.0. The standard InChI is InChI=1S/C12H16ClFN2O2S/c13-10-5-9(15)6-11(12(10)14)19(17,18)16-7-8-3-1-2-4-8/h5-6,8,16H,1-4,7,15H2. The molecule has 0 spiro atoms. The number of sulfonamides is 1. The van der Waals surface area contributed by atoms with E-state index < -0.39 is 20.7 Å². The van der Waals surface area contributed by atoms with Crippen LogP contribution in [-0.4, -0.2) is 15.0 Å². The highest BCUT2D eigenvalue weighted by atomic mass is 35.5. The van der Waals surface area contributed by atoms with Crippen molar-refractivity contribution in [3.63, 3.8) is 0 Å². The normalized spacial score (nSPS) is 16.9. The number of nitrogen functional groups attached to an aromatic ring is 1. The van der Waals surface area contributed by atoms with Crippen molar-refractivity contribution in [2.75, 3.05) is 12.3 Å². The minimum atomic E-state index is -3.91. The first-order valence-electron chi connectivity index (χ1n) is 6.14. The molecule has 19 heavy (non-hydrogen) atoms. The fourth-order valence-electron chi connectivity index (χ4n) is 2.30. The van der Waals surface area contributed by atoms with E-state index in [4.69, 9.17) is 17.3 Å². The van der Waals surface area contributed by atoms with Crippen LogP contribution in [0.1, 0.15) is 25.7 Å². The van der Waals surface area contributed by atoms with Crippen molar-refractivity contribution in [3.05, 3.63) is 23.0 Å². The van der Waals surface area contributed by atoms with E-state index in [0.29, 0.717) is 12.5 Å². The van der Waals surface area contributed by atoms with Gasteiger partial charge < -0.3 is 5.73 Å². The van der Waals surface area contributed by atoms with Crippen molar-refractivity contribution < 1.29 is 12.8 Å². The lowest BCUT2D eigenvalue weighted by molar-refractivity contribution is 0.514. The van der Waals surface area contributed by atoms with Crippen molar-refractivity contribution >= 4 is 27.3 Å². The molecule has 1 aliphatic carbocycles. The molecule has 1 fully saturated rings. The number of nitrogens with one attached hydrogen (secondary N) is 1. The van der Waals surface area contributed by atoms with Crippen LogP contribution >= 0.6 is 11.6 Å². The van der Waals surface area contributed by atoms with Crippen molar-refractivity contribution in [2.45, 2.75) is 30.6 Å². The second-order valence-electron chi connectivity index (χ2n) is 4.82. The summed E-state index contributed by atoms with van der Waals surface area (Å²) in [5.74, 6) is -0.635. The maximum atomic E-state index is 13.8. The summed E-state index contributed by atoms with van der Waals surface area (Å²) < 4.78 is 40.3. The number of benzene rings is 1. The van der Waals surface area contributed by atoms with Gasteiger partial charge in [-0.1, -0.05) is 24.4 Å². The average Bonchev–Trinajstić information content (AvgIpc) is 2.84. The Hall–Kier alpha value is -0.850. The maximum Gasteiger partial charge on any atom is 0.243 e. The lowest BCUT2D eigenvalue weighted by Gasteiger charge is -2.12. The Labute approximate surface area is 117 Å². The molecule has 0 radical (unpaired) electrons. The van der Waals surface area contributed by atoms with Crippen LogP contribution in [0, 0.1) is 11.7 Å². The molecule has 7 heteroatoms. The van der Waals surface area contributed by atoms with Crippen LogP contribution in [-0.2, 0) is 10.0 Å². The molecule has 0 aliphatic heterocycles. The number of anilines is 1. The van der Waals surface area contributed by atoms with E-state index in [1.54, 1.807) is 0 Å². The topological polar surface area (TPSA) is 72.2 Å². The summed E-state index contributed by atoms with van der Waals surface area (Å²) in [6.45, 7) is 0.328. The van der Waals surface area contributed by atoms with Gasteiger partial charge in [-0.15, -0.1) is 0 Å². The number of nitrogens with two attached hydrogens (primary N) is 1. The first kappa shape index (κ1) is 14.6. The third-order valence-corrected chi connectivity index (χ3v) is 5.04. The van der Waals surface area contributed by atoms with E-state index in [0.717, 1.165) is 31.7 Å². The quantitative estimate of drug-likeness (QED) is 0.840. The molecule has 0 unspecified atom stereocenters. The second-order valence-corrected chi connectivity index (χ2v) is 6.96. The van der Waals surface area contributed by atoms with E-state index in [2.05, 4.69) is 4.72 Å². The molecule has 1 saturated carbocycles. The third-order valence-electron chi connectivity index (χ3n) is 3.34. The van der Waals surface area contributed by atoms with Gasteiger partial charge in [-0.05, 0) is 30.9 Å². The van der Waals surface area contributed by atoms with Crippen LogP contribution in [0.2, 0.25) is 5.02 Å². The SMILES string of the molecule is Nc1cc(Cl)c(F)c(S(=O)(=O)NCC2CCCC2)c1. The summed E-state index contributed by atoms with van der Waals surface area (Å²) >= 11 is 5.61. The van der Waals surface area contributed by atoms with Gasteiger partial charge >= 0.3 is 0 Å². The van der Waals surface area contributed by atoms with E-state index in [1.807, 2.05) is 0 Å². The Balaban J connectivity index is 2.19. The first-order chi connectivity index (χ1) is 8.90. The molecule has 0 heterocycles. The van der Waals surface area contributed by atoms with Crippen LogP contribution in [0.5, 0.6) is 0 Å². The summed E-state index contributed by atoms with van der Waals surface area (Å²) in [5.41, 5.74) is 5.62. The van der Waals surface area contributed by atoms with E-state index in [-0.39, 0.29) is 10.7 Å². The zero-order valence-electron chi connectivity index (χ0n) is 10.3. The molecule has 3 N–H and O–H groups in total. The molecule has 2 rings (SSSR count). The number of halogens is 2. The van der Waals surface area contributed by atoms with Crippen LogP contribution in [0.4, 0.5) is 10.1 Å². The maximum absolute atomic E-state index is 13.8. The van der Waals surface area contributed by atoms with Crippen LogP contribution in [0.15, 0.2) is 17.0 Å². The third kappa shape index (κ3) is 3.38. The Morgan fingerprint density at radius 3 is 2.63 bits per heavy atom. The summed E-state index contributed by atoms with van der Waals surface area (Å²) in [4.78, 5) is -0.490. The van der Waals surface area contributed by atoms with Gasteiger partial charge in [-0.3, -0.25) is 0 Å². The summed E-state index contributed by atoms with van der Waals surface area (Å²) in [6.07, 6.45) is 4.24. The monoisotopic (exact) mass is 306 g/mol. The Morgan fingerprint density at radius 2 is 2.00 bits per heavy atom. The highest BCUT2D eigenvalue weighted by Gasteiger charge is 2.24. The molecule has 0 atom stereocenters. The summed E-state index contributed by atoms with van der Waals surface area (Å²) in [5, 5.41) is -0.291. The number of hydrogen-bond donors (Lipinski definition) is 2. The van der Waals surface area contributed by atoms with Gasteiger partial charge in [0.05, 0.1) is 5.02 Å². The smallest absolute Gasteiger partial charge is 0.243 e. The van der Waals surface area contributed by atoms with Gasteiger partial charge in [0.25, 0.3) is 0 Å². The van der Waals surface area contributed by atoms with Crippen molar-refractivity contribution in [3.8, 4) is 0 Å². The average molecular weight is 307 g/mol. The van der Waals surface area contributed by atoms with Gasteiger partial charge in [0.2, 0.25) is 10.0 Å². The van der Waals surface area contributed by atoms with Gasteiger partial charge in [0.15, 0.2) is 5.82 Å². The van der Waals surface area contributed by atoms with Crippen LogP contribution in [0.25, 0.3) is 0 Å². The number of hydrogen-bond acceptors (Lipinski definition) is 3. The molecule has 4 nitrogen and oxygen atoms in total. The molecule has 0 saturated heterocycles. The molecule has 0 bridgehead atoms. The predicted octanol–water partition coefficient (Wildman–Crippen LogP) is 2.53. The Kier molecular flexibility index (Phi) is 4.32. The lowest BCUT2D eigenvalue weighted by Crippen LogP contribution is -2.29. The van der Waals surface area contributed by atoms with Gasteiger partial charge in [0, 0.05) is 12.2 Å². The fourth-order valence-corrected chi connectivity index (χ4v) is 3.83. The zero-order valence-corrected chi connectivity index (χ0v) is 11.9. The Bertz CT molecular complexity index is 571. The van der Waals surface area contributed by atoms with Gasteiger partial charge in [-0.2, -0.15) is 0 Å². The molecule has 1 aliphatic rings. The molecule has 0 amide bonds. The first-order valence-corrected chi connectivity index (χ1v) is 8.00. The van der Waals surface area contributed by atoms with Crippen LogP contribution < -0.4 is 10.5 Å². The number of rotatable bonds is 4. The van der Waals surface area contributed by atoms with Gasteiger partial charge in [0.1, 0.15) is 4.90 Å². The van der Waals surface area contributed by atoms with Crippen molar-refractivity contribution in [1.82, 2.24) is 4.72 Å². The minimum Gasteiger partial charge on any atom is -0.399 e. The van der Waals surface area contributed by atoms with E-state index >= 15 is 0 Å². The van der Waals surface area contributed by atoms with Crippen molar-refractivity contribution in [2.24, 2.45) is 5.92 Å². The van der Waals surface area contributed by atoms with Crippen molar-refractivity contribution in [1.29, 1.82) is 0 Å². The summed E-state index contributed by atoms with van der Waals surface area (Å²) in [7, 11) is -3.91. The highest BCUT2D eigenvalue weighted by molar-refractivity contribution is 7.89. The fraction of sp³-hybridized carbons (Fsp3) is 0.500. The van der Waals surface area contributed by atoms with E-state index in [9.17, 15) is 12.8 Å². The predicted molar refractivity (Wildman–Crippen MR) is 73.0 cm³/mol. The van der Waals surface area contributed by atoms with E-state index in [1.165, 1.54) is 6.07 Å². The molecule has 0 aromatic heterocycles. The molecule has 106 valence electrons. The lowest BCUT2D eigenvalue weighted by atomic mass is 10.1. The summed E-state index contributed by atoms with van der Waals surface area (Å²) in [6, 6.07) is 2.27. The Morgan fingerprint density at radius 1 is 1.37 bits per heavy atom. The van der Waals surface area contributed by atoms with Crippen LogP contribution in [0.3, 0.4) is 0 Å². The molecular weight excluding hydrogens is 291 g/mol. The highest BCUT2D eigenvalue weighted by Crippen LogP contribution is 2.27. The molecule has 1 aromatic rings. The minimum absolute atomic E-state index is 0.118. The molecular formula is C12H16ClFN2O2S. The largest absolute Gasteiger partial charge is 0.399 e. The molecule has 1 aromatic carbocycles.